The fourth-order valence-electron chi connectivity index (χ4n) is 1.54. The minimum Gasteiger partial charge on any atom is -0.288 e. The van der Waals surface area contributed by atoms with Crippen LogP contribution in [-0.4, -0.2) is 19.5 Å². The summed E-state index contributed by atoms with van der Waals surface area (Å²) in [5, 5.41) is 0. The van der Waals surface area contributed by atoms with Crippen molar-refractivity contribution in [1.29, 1.82) is 0 Å². The van der Waals surface area contributed by atoms with Crippen molar-refractivity contribution in [2.24, 2.45) is 0 Å². The van der Waals surface area contributed by atoms with E-state index in [1.807, 2.05) is 23.8 Å². The van der Waals surface area contributed by atoms with Crippen molar-refractivity contribution in [2.75, 3.05) is 0 Å². The van der Waals surface area contributed by atoms with Gasteiger partial charge in [-0.1, -0.05) is 13.8 Å². The lowest BCUT2D eigenvalue weighted by Crippen LogP contribution is -2.05. The van der Waals surface area contributed by atoms with Crippen LogP contribution in [0.3, 0.4) is 0 Å². The van der Waals surface area contributed by atoms with Crippen LogP contribution in [-0.2, 0) is 12.8 Å². The first-order chi connectivity index (χ1) is 7.74. The van der Waals surface area contributed by atoms with Crippen molar-refractivity contribution < 1.29 is 0 Å². The predicted molar refractivity (Wildman–Crippen MR) is 65.6 cm³/mol. The van der Waals surface area contributed by atoms with E-state index in [-0.39, 0.29) is 0 Å². The molecule has 16 heavy (non-hydrogen) atoms. The molecule has 2 aromatic rings. The van der Waals surface area contributed by atoms with E-state index in [4.69, 9.17) is 0 Å². The lowest BCUT2D eigenvalue weighted by atomic mass is 10.4. The normalized spacial score (nSPS) is 10.7. The minimum absolute atomic E-state index is 0.810. The molecule has 0 bridgehead atoms. The molecule has 0 atom stereocenters. The quantitative estimate of drug-likeness (QED) is 0.812. The summed E-state index contributed by atoms with van der Waals surface area (Å²) in [6, 6.07) is 1.90. The fourth-order valence-corrected chi connectivity index (χ4v) is 1.95. The summed E-state index contributed by atoms with van der Waals surface area (Å²) >= 11 is 3.40. The van der Waals surface area contributed by atoms with Crippen molar-refractivity contribution in [2.45, 2.75) is 26.7 Å². The maximum absolute atomic E-state index is 4.48. The van der Waals surface area contributed by atoms with E-state index in [0.717, 1.165) is 34.9 Å². The number of nitrogens with zero attached hydrogens (tertiary/aromatic N) is 4. The van der Waals surface area contributed by atoms with E-state index < -0.39 is 0 Å². The van der Waals surface area contributed by atoms with Crippen LogP contribution < -0.4 is 0 Å². The van der Waals surface area contributed by atoms with Gasteiger partial charge in [0.2, 0.25) is 0 Å². The molecule has 0 radical (unpaired) electrons. The van der Waals surface area contributed by atoms with Crippen LogP contribution in [0.2, 0.25) is 0 Å². The molecule has 84 valence electrons. The Labute approximate surface area is 103 Å². The molecule has 0 unspecified atom stereocenters. The largest absolute Gasteiger partial charge is 0.288 e. The third-order valence-corrected chi connectivity index (χ3v) is 2.73. The molecule has 2 rings (SSSR count). The average molecular weight is 281 g/mol. The zero-order valence-electron chi connectivity index (χ0n) is 9.31. The highest BCUT2D eigenvalue weighted by Crippen LogP contribution is 2.14. The average Bonchev–Trinajstić information content (AvgIpc) is 2.76. The first-order valence-corrected chi connectivity index (χ1v) is 6.10. The van der Waals surface area contributed by atoms with Gasteiger partial charge in [-0.25, -0.2) is 15.0 Å². The molecule has 5 heteroatoms. The van der Waals surface area contributed by atoms with Gasteiger partial charge in [0.1, 0.15) is 22.1 Å². The first kappa shape index (κ1) is 11.3. The van der Waals surface area contributed by atoms with Gasteiger partial charge in [-0.15, -0.1) is 0 Å². The second-order valence-corrected chi connectivity index (χ2v) is 4.20. The predicted octanol–water partition coefficient (Wildman–Crippen LogP) is 2.55. The van der Waals surface area contributed by atoms with Crippen LogP contribution >= 0.6 is 15.9 Å². The summed E-state index contributed by atoms with van der Waals surface area (Å²) in [7, 11) is 0. The number of rotatable bonds is 3. The van der Waals surface area contributed by atoms with E-state index in [9.17, 15) is 0 Å². The summed E-state index contributed by atoms with van der Waals surface area (Å²) < 4.78 is 2.80. The molecule has 0 saturated carbocycles. The molecule has 0 aromatic carbocycles. The molecular weight excluding hydrogens is 268 g/mol. The van der Waals surface area contributed by atoms with Crippen LogP contribution in [0.25, 0.3) is 5.82 Å². The number of halogens is 1. The highest BCUT2D eigenvalue weighted by molar-refractivity contribution is 9.10. The van der Waals surface area contributed by atoms with Crippen molar-refractivity contribution in [3.05, 3.63) is 34.7 Å². The van der Waals surface area contributed by atoms with Crippen molar-refractivity contribution >= 4 is 15.9 Å². The van der Waals surface area contributed by atoms with E-state index in [1.165, 1.54) is 0 Å². The van der Waals surface area contributed by atoms with Crippen molar-refractivity contribution in [1.82, 2.24) is 19.5 Å². The highest BCUT2D eigenvalue weighted by atomic mass is 79.9. The topological polar surface area (TPSA) is 43.6 Å². The van der Waals surface area contributed by atoms with Gasteiger partial charge < -0.3 is 0 Å². The van der Waals surface area contributed by atoms with E-state index in [2.05, 4.69) is 37.8 Å². The Hall–Kier alpha value is -1.23. The molecule has 2 heterocycles. The monoisotopic (exact) mass is 280 g/mol. The minimum atomic E-state index is 0.810. The van der Waals surface area contributed by atoms with Crippen LogP contribution in [0.15, 0.2) is 23.1 Å². The SMILES string of the molecule is CCc1nc(Br)cc(-n2ccnc2CC)n1. The highest BCUT2D eigenvalue weighted by Gasteiger charge is 2.07. The molecule has 0 aliphatic rings. The molecule has 0 saturated heterocycles. The second-order valence-electron chi connectivity index (χ2n) is 3.39. The summed E-state index contributed by atoms with van der Waals surface area (Å²) in [6.07, 6.45) is 5.42. The second kappa shape index (κ2) is 4.74. The molecule has 0 spiro atoms. The lowest BCUT2D eigenvalue weighted by molar-refractivity contribution is 0.830. The molecule has 0 fully saturated rings. The van der Waals surface area contributed by atoms with Gasteiger partial charge in [-0.3, -0.25) is 4.57 Å². The van der Waals surface area contributed by atoms with Gasteiger partial charge in [-0.2, -0.15) is 0 Å². The Kier molecular flexibility index (Phi) is 3.33. The van der Waals surface area contributed by atoms with Gasteiger partial charge in [0.05, 0.1) is 0 Å². The van der Waals surface area contributed by atoms with Crippen LogP contribution in [0, 0.1) is 0 Å². The van der Waals surface area contributed by atoms with E-state index in [1.54, 1.807) is 6.20 Å². The third-order valence-electron chi connectivity index (χ3n) is 2.32. The number of hydrogen-bond acceptors (Lipinski definition) is 3. The Bertz CT molecular complexity index is 492. The Balaban J connectivity index is 2.51. The fraction of sp³-hybridized carbons (Fsp3) is 0.364. The molecule has 0 aliphatic carbocycles. The molecule has 2 aromatic heterocycles. The summed E-state index contributed by atoms with van der Waals surface area (Å²) in [4.78, 5) is 13.1. The van der Waals surface area contributed by atoms with Gasteiger partial charge >= 0.3 is 0 Å². The summed E-state index contributed by atoms with van der Waals surface area (Å²) in [6.45, 7) is 4.12. The molecule has 0 aliphatic heterocycles. The van der Waals surface area contributed by atoms with Crippen LogP contribution in [0.4, 0.5) is 0 Å². The molecule has 4 nitrogen and oxygen atoms in total. The zero-order chi connectivity index (χ0) is 11.5. The lowest BCUT2D eigenvalue weighted by Gasteiger charge is -2.07. The number of imidazole rings is 1. The summed E-state index contributed by atoms with van der Waals surface area (Å²) in [5.41, 5.74) is 0. The number of aromatic nitrogens is 4. The Morgan fingerprint density at radius 3 is 2.75 bits per heavy atom. The number of aryl methyl sites for hydroxylation is 2. The van der Waals surface area contributed by atoms with Crippen molar-refractivity contribution in [3.63, 3.8) is 0 Å². The van der Waals surface area contributed by atoms with E-state index >= 15 is 0 Å². The van der Waals surface area contributed by atoms with Crippen LogP contribution in [0.5, 0.6) is 0 Å². The Morgan fingerprint density at radius 2 is 2.06 bits per heavy atom. The summed E-state index contributed by atoms with van der Waals surface area (Å²) in [5.74, 6) is 2.71. The maximum Gasteiger partial charge on any atom is 0.142 e. The van der Waals surface area contributed by atoms with Gasteiger partial charge in [-0.05, 0) is 15.9 Å². The van der Waals surface area contributed by atoms with Crippen molar-refractivity contribution in [3.8, 4) is 5.82 Å². The molecule has 0 amide bonds. The molecular formula is C11H13BrN4. The smallest absolute Gasteiger partial charge is 0.142 e. The van der Waals surface area contributed by atoms with E-state index in [0.29, 0.717) is 0 Å². The molecule has 0 N–H and O–H groups in total. The van der Waals surface area contributed by atoms with Gasteiger partial charge in [0.15, 0.2) is 0 Å². The van der Waals surface area contributed by atoms with Crippen LogP contribution in [0.1, 0.15) is 25.5 Å². The standard InChI is InChI=1S/C11H13BrN4/c1-3-9-14-8(12)7-11(15-9)16-6-5-13-10(16)4-2/h5-7H,3-4H2,1-2H3. The first-order valence-electron chi connectivity index (χ1n) is 5.30. The zero-order valence-corrected chi connectivity index (χ0v) is 10.9. The van der Waals surface area contributed by atoms with Gasteiger partial charge in [0, 0.05) is 31.3 Å². The third kappa shape index (κ3) is 2.14. The van der Waals surface area contributed by atoms with Gasteiger partial charge in [0.25, 0.3) is 0 Å². The maximum atomic E-state index is 4.48. The number of hydrogen-bond donors (Lipinski definition) is 0. The Morgan fingerprint density at radius 1 is 1.25 bits per heavy atom.